The average Bonchev–Trinajstić information content (AvgIpc) is 3.23. The highest BCUT2D eigenvalue weighted by Crippen LogP contribution is 2.66. The molecule has 2 aliphatic heterocycles. The molecule has 1 N–H and O–H groups in total. The van der Waals surface area contributed by atoms with Crippen molar-refractivity contribution in [1.82, 2.24) is 9.80 Å². The minimum atomic E-state index is -1.95. The van der Waals surface area contributed by atoms with Crippen LogP contribution in [-0.4, -0.2) is 60.3 Å². The molecular weight excluding hydrogens is 595 g/mol. The van der Waals surface area contributed by atoms with Crippen molar-refractivity contribution in [2.75, 3.05) is 12.0 Å². The quantitative estimate of drug-likeness (QED) is 0.232. The number of nitrogens with zero attached hydrogens (tertiary/aromatic N) is 2. The maximum Gasteiger partial charge on any atom is 0.254 e. The molecule has 7 nitrogen and oxygen atoms in total. The molecule has 2 aromatic rings. The van der Waals surface area contributed by atoms with Gasteiger partial charge in [-0.05, 0) is 42.0 Å². The van der Waals surface area contributed by atoms with E-state index in [1.807, 2.05) is 37.3 Å². The summed E-state index contributed by atoms with van der Waals surface area (Å²) in [5.74, 6) is -4.78. The topological polar surface area (TPSA) is 95.0 Å². The Morgan fingerprint density at radius 3 is 2.45 bits per heavy atom. The Labute approximate surface area is 237 Å². The number of alkyl halides is 3. The van der Waals surface area contributed by atoms with Crippen LogP contribution in [0.15, 0.2) is 48.0 Å². The molecule has 0 radical (unpaired) electrons. The van der Waals surface area contributed by atoms with Gasteiger partial charge in [-0.1, -0.05) is 64.8 Å². The highest BCUT2D eigenvalue weighted by molar-refractivity contribution is 9.09. The van der Waals surface area contributed by atoms with Crippen molar-refractivity contribution < 1.29 is 24.3 Å². The Balaban J connectivity index is 1.63. The van der Waals surface area contributed by atoms with Gasteiger partial charge in [-0.2, -0.15) is 0 Å². The lowest BCUT2D eigenvalue weighted by molar-refractivity contribution is -0.141. The van der Waals surface area contributed by atoms with Crippen LogP contribution in [0.4, 0.5) is 0 Å². The second-order valence-electron chi connectivity index (χ2n) is 10.5. The molecule has 4 amide bonds. The third-order valence-electron chi connectivity index (χ3n) is 8.79. The van der Waals surface area contributed by atoms with Crippen molar-refractivity contribution in [2.24, 2.45) is 17.8 Å². The first kappa shape index (κ1) is 25.8. The van der Waals surface area contributed by atoms with Crippen molar-refractivity contribution >= 4 is 73.5 Å². The first-order valence-electron chi connectivity index (χ1n) is 12.7. The van der Waals surface area contributed by atoms with Gasteiger partial charge in [0, 0.05) is 18.0 Å². The number of phenols is 1. The van der Waals surface area contributed by atoms with E-state index in [-0.39, 0.29) is 29.4 Å². The summed E-state index contributed by atoms with van der Waals surface area (Å²) >= 11 is 17.8. The van der Waals surface area contributed by atoms with Gasteiger partial charge < -0.3 is 5.11 Å². The van der Waals surface area contributed by atoms with Gasteiger partial charge in [-0.25, -0.2) is 0 Å². The molecule has 10 heteroatoms. The van der Waals surface area contributed by atoms with E-state index < -0.39 is 45.2 Å². The summed E-state index contributed by atoms with van der Waals surface area (Å²) in [5, 5.41) is 12.7. The molecule has 1 saturated carbocycles. The summed E-state index contributed by atoms with van der Waals surface area (Å²) in [7, 11) is 0. The van der Waals surface area contributed by atoms with Crippen LogP contribution < -0.4 is 0 Å². The second-order valence-corrected chi connectivity index (χ2v) is 12.3. The number of amides is 4. The van der Waals surface area contributed by atoms with E-state index in [4.69, 9.17) is 23.2 Å². The van der Waals surface area contributed by atoms with Gasteiger partial charge in [-0.3, -0.25) is 29.0 Å². The van der Waals surface area contributed by atoms with Crippen LogP contribution in [0.3, 0.4) is 0 Å². The maximum atomic E-state index is 13.9. The number of halogens is 3. The fourth-order valence-electron chi connectivity index (χ4n) is 7.17. The first-order valence-corrected chi connectivity index (χ1v) is 14.6. The average molecular weight is 620 g/mol. The fourth-order valence-corrected chi connectivity index (χ4v) is 8.58. The Morgan fingerprint density at radius 1 is 1.00 bits per heavy atom. The lowest BCUT2D eigenvalue weighted by Gasteiger charge is -2.51. The van der Waals surface area contributed by atoms with Crippen LogP contribution in [0, 0.1) is 17.8 Å². The molecule has 2 heterocycles. The lowest BCUT2D eigenvalue weighted by atomic mass is 9.56. The highest BCUT2D eigenvalue weighted by Gasteiger charge is 2.76. The Bertz CT molecular complexity index is 1460. The number of aromatic hydroxyl groups is 1. The molecule has 198 valence electrons. The zero-order valence-corrected chi connectivity index (χ0v) is 23.6. The van der Waals surface area contributed by atoms with Crippen molar-refractivity contribution in [3.63, 3.8) is 0 Å². The second kappa shape index (κ2) is 8.80. The number of hydrogen-bond acceptors (Lipinski definition) is 5. The number of carbonyl (C=O) groups excluding carboxylic acids is 4. The number of phenolic OH excluding ortho intramolecular Hbond substituents is 1. The van der Waals surface area contributed by atoms with Crippen LogP contribution in [0.2, 0.25) is 0 Å². The number of benzene rings is 2. The van der Waals surface area contributed by atoms with Crippen molar-refractivity contribution in [2.45, 2.75) is 41.9 Å². The molecule has 0 bridgehead atoms. The summed E-state index contributed by atoms with van der Waals surface area (Å²) in [6.07, 6.45) is 2.75. The normalized spacial score (nSPS) is 34.5. The maximum absolute atomic E-state index is 13.9. The number of fused-ring (bicyclic) bond motifs is 5. The molecule has 0 spiro atoms. The molecule has 0 unspecified atom stereocenters. The standard InChI is InChI=1S/C28H25BrCl2N2O5/c1-2-11-32-23(35)17-9-8-16-18(20(17)24(32)36)12-27(30)25(37)33(13-29)26(38)28(27,31)22(16)21-15-6-4-3-5-14(15)7-10-19(21)34/h3-8,10,17-18,20,22,34H,2,9,11-13H2,1H3/t17-,18+,20-,22+,27+,28-/m0/s1. The van der Waals surface area contributed by atoms with Crippen LogP contribution >= 0.6 is 39.1 Å². The van der Waals surface area contributed by atoms with E-state index in [1.54, 1.807) is 12.1 Å². The lowest BCUT2D eigenvalue weighted by Crippen LogP contribution is -2.60. The molecule has 4 aliphatic rings. The number of allylic oxidation sites excluding steroid dienone is 2. The van der Waals surface area contributed by atoms with E-state index in [9.17, 15) is 24.3 Å². The molecule has 0 aromatic heterocycles. The zero-order valence-electron chi connectivity index (χ0n) is 20.5. The van der Waals surface area contributed by atoms with Crippen LogP contribution in [0.1, 0.15) is 37.7 Å². The van der Waals surface area contributed by atoms with Gasteiger partial charge in [0.1, 0.15) is 5.75 Å². The van der Waals surface area contributed by atoms with Gasteiger partial charge in [0.05, 0.1) is 17.3 Å². The first-order chi connectivity index (χ1) is 18.1. The molecule has 6 atom stereocenters. The number of imide groups is 2. The minimum Gasteiger partial charge on any atom is -0.508 e. The van der Waals surface area contributed by atoms with Crippen LogP contribution in [0.5, 0.6) is 5.75 Å². The van der Waals surface area contributed by atoms with E-state index in [0.717, 1.165) is 10.3 Å². The fraction of sp³-hybridized carbons (Fsp3) is 0.429. The predicted molar refractivity (Wildman–Crippen MR) is 146 cm³/mol. The van der Waals surface area contributed by atoms with Crippen LogP contribution in [0.25, 0.3) is 10.8 Å². The van der Waals surface area contributed by atoms with Gasteiger partial charge >= 0.3 is 0 Å². The Hall–Kier alpha value is -2.42. The third kappa shape index (κ3) is 3.08. The summed E-state index contributed by atoms with van der Waals surface area (Å²) in [6, 6.07) is 10.7. The molecular formula is C28H25BrCl2N2O5. The van der Waals surface area contributed by atoms with E-state index >= 15 is 0 Å². The van der Waals surface area contributed by atoms with E-state index in [0.29, 0.717) is 35.9 Å². The SMILES string of the molecule is CCCN1C(=O)[C@H]2[C@H](CC=C3[C@H]2C[C@@]2(Cl)C(=O)N(CBr)C(=O)[C@@]2(Cl)[C@H]3c2c(O)ccc3ccccc23)C1=O. The molecule has 2 aliphatic carbocycles. The molecule has 38 heavy (non-hydrogen) atoms. The summed E-state index contributed by atoms with van der Waals surface area (Å²) < 4.78 is 0. The number of hydrogen-bond donors (Lipinski definition) is 1. The summed E-state index contributed by atoms with van der Waals surface area (Å²) in [6.45, 7) is 2.22. The molecule has 6 rings (SSSR count). The minimum absolute atomic E-state index is 0.0693. The van der Waals surface area contributed by atoms with Gasteiger partial charge in [-0.15, -0.1) is 23.2 Å². The Morgan fingerprint density at radius 2 is 1.74 bits per heavy atom. The van der Waals surface area contributed by atoms with Gasteiger partial charge in [0.25, 0.3) is 11.8 Å². The molecule has 2 aromatic carbocycles. The van der Waals surface area contributed by atoms with E-state index in [1.165, 1.54) is 4.90 Å². The summed E-state index contributed by atoms with van der Waals surface area (Å²) in [5.41, 5.74) is 0.956. The smallest absolute Gasteiger partial charge is 0.254 e. The largest absolute Gasteiger partial charge is 0.508 e. The molecule has 3 fully saturated rings. The highest BCUT2D eigenvalue weighted by atomic mass is 79.9. The number of likely N-dealkylation sites (tertiary alicyclic amines) is 2. The Kier molecular flexibility index (Phi) is 5.98. The van der Waals surface area contributed by atoms with Crippen molar-refractivity contribution in [1.29, 1.82) is 0 Å². The number of rotatable bonds is 4. The third-order valence-corrected chi connectivity index (χ3v) is 10.7. The molecule has 2 saturated heterocycles. The zero-order chi connectivity index (χ0) is 27.1. The summed E-state index contributed by atoms with van der Waals surface area (Å²) in [4.78, 5) is 53.0. The van der Waals surface area contributed by atoms with Crippen molar-refractivity contribution in [3.05, 3.63) is 53.6 Å². The predicted octanol–water partition coefficient (Wildman–Crippen LogP) is 4.67. The van der Waals surface area contributed by atoms with Crippen molar-refractivity contribution in [3.8, 4) is 5.75 Å². The monoisotopic (exact) mass is 618 g/mol. The van der Waals surface area contributed by atoms with Gasteiger partial charge in [0.2, 0.25) is 11.8 Å². The van der Waals surface area contributed by atoms with Crippen LogP contribution in [-0.2, 0) is 19.2 Å². The number of carbonyl (C=O) groups is 4. The van der Waals surface area contributed by atoms with E-state index in [2.05, 4.69) is 15.9 Å². The van der Waals surface area contributed by atoms with Gasteiger partial charge in [0.15, 0.2) is 9.75 Å².